The lowest BCUT2D eigenvalue weighted by atomic mass is 10.2. The molecule has 0 aromatic carbocycles. The molecule has 0 amide bonds. The molecule has 2 saturated heterocycles. The minimum absolute atomic E-state index is 0.0962. The summed E-state index contributed by atoms with van der Waals surface area (Å²) in [4.78, 5) is 12.6. The molecule has 0 unspecified atom stereocenters. The Morgan fingerprint density at radius 3 is 2.81 bits per heavy atom. The van der Waals surface area contributed by atoms with Crippen LogP contribution in [0.1, 0.15) is 12.8 Å². The average Bonchev–Trinajstić information content (AvgIpc) is 3.10. The van der Waals surface area contributed by atoms with Crippen molar-refractivity contribution < 1.29 is 9.13 Å². The van der Waals surface area contributed by atoms with Gasteiger partial charge in [-0.15, -0.1) is 0 Å². The van der Waals surface area contributed by atoms with Crippen LogP contribution >= 0.6 is 0 Å². The molecule has 7 heteroatoms. The van der Waals surface area contributed by atoms with Gasteiger partial charge in [0.05, 0.1) is 18.3 Å². The largest absolute Gasteiger partial charge is 0.378 e. The van der Waals surface area contributed by atoms with Crippen LogP contribution in [0.3, 0.4) is 0 Å². The van der Waals surface area contributed by atoms with Gasteiger partial charge in [0.1, 0.15) is 0 Å². The van der Waals surface area contributed by atoms with E-state index >= 15 is 0 Å². The molecule has 0 radical (unpaired) electrons. The molecule has 2 atom stereocenters. The third kappa shape index (κ3) is 3.08. The molecule has 1 aromatic heterocycles. The predicted octanol–water partition coefficient (Wildman–Crippen LogP) is 0.957. The number of hydrogen-bond donors (Lipinski definition) is 1. The molecule has 1 N–H and O–H groups in total. The molecule has 21 heavy (non-hydrogen) atoms. The highest BCUT2D eigenvalue weighted by atomic mass is 19.1. The minimum Gasteiger partial charge on any atom is -0.378 e. The van der Waals surface area contributed by atoms with Crippen LogP contribution in [0.25, 0.3) is 0 Å². The molecule has 2 aliphatic rings. The molecular formula is C14H22FN5O. The zero-order valence-electron chi connectivity index (χ0n) is 12.5. The van der Waals surface area contributed by atoms with Crippen LogP contribution in [0.15, 0.2) is 6.20 Å². The Kier molecular flexibility index (Phi) is 4.21. The lowest BCUT2D eigenvalue weighted by molar-refractivity contribution is 0.104. The van der Waals surface area contributed by atoms with E-state index in [1.165, 1.54) is 6.20 Å². The summed E-state index contributed by atoms with van der Waals surface area (Å²) in [5.41, 5.74) is 0. The van der Waals surface area contributed by atoms with Gasteiger partial charge < -0.3 is 19.9 Å². The Morgan fingerprint density at radius 2 is 2.10 bits per heavy atom. The predicted molar refractivity (Wildman–Crippen MR) is 79.1 cm³/mol. The molecule has 0 saturated carbocycles. The smallest absolute Gasteiger partial charge is 0.225 e. The standard InChI is InChI=1S/C14H22FN5O/c1-19-8-11(12(9-19)21-2)17-14-16-7-10(15)13(18-14)20-5-3-4-6-20/h7,11-12H,3-6,8-9H2,1-2H3,(H,16,17,18)/t11-,12-/m0/s1. The first-order chi connectivity index (χ1) is 10.2. The van der Waals surface area contributed by atoms with Crippen molar-refractivity contribution in [3.8, 4) is 0 Å². The number of hydrogen-bond acceptors (Lipinski definition) is 6. The summed E-state index contributed by atoms with van der Waals surface area (Å²) < 4.78 is 19.4. The van der Waals surface area contributed by atoms with E-state index in [0.717, 1.165) is 39.0 Å². The van der Waals surface area contributed by atoms with Crippen LogP contribution in [0, 0.1) is 5.82 Å². The Balaban J connectivity index is 1.75. The number of nitrogens with one attached hydrogen (secondary N) is 1. The van der Waals surface area contributed by atoms with Crippen molar-refractivity contribution in [1.29, 1.82) is 0 Å². The number of likely N-dealkylation sites (tertiary alicyclic amines) is 1. The molecule has 6 nitrogen and oxygen atoms in total. The molecule has 3 heterocycles. The van der Waals surface area contributed by atoms with Crippen molar-refractivity contribution in [2.75, 3.05) is 50.6 Å². The number of rotatable bonds is 4. The molecule has 0 spiro atoms. The Labute approximate surface area is 124 Å². The van der Waals surface area contributed by atoms with Crippen molar-refractivity contribution in [1.82, 2.24) is 14.9 Å². The van der Waals surface area contributed by atoms with Gasteiger partial charge in [0, 0.05) is 33.3 Å². The summed E-state index contributed by atoms with van der Waals surface area (Å²) in [5, 5.41) is 3.28. The highest BCUT2D eigenvalue weighted by Gasteiger charge is 2.31. The van der Waals surface area contributed by atoms with Crippen molar-refractivity contribution in [3.05, 3.63) is 12.0 Å². The number of halogens is 1. The number of anilines is 2. The number of likely N-dealkylation sites (N-methyl/N-ethyl adjacent to an activating group) is 1. The third-order valence-corrected chi connectivity index (χ3v) is 4.20. The van der Waals surface area contributed by atoms with Crippen molar-refractivity contribution in [2.24, 2.45) is 0 Å². The summed E-state index contributed by atoms with van der Waals surface area (Å²) in [6.07, 6.45) is 3.53. The van der Waals surface area contributed by atoms with Gasteiger partial charge in [-0.1, -0.05) is 0 Å². The van der Waals surface area contributed by atoms with Gasteiger partial charge in [0.25, 0.3) is 0 Å². The van der Waals surface area contributed by atoms with Gasteiger partial charge in [-0.2, -0.15) is 4.98 Å². The molecule has 0 bridgehead atoms. The van der Waals surface area contributed by atoms with E-state index in [1.807, 2.05) is 4.90 Å². The zero-order valence-corrected chi connectivity index (χ0v) is 12.5. The summed E-state index contributed by atoms with van der Waals surface area (Å²) in [7, 11) is 3.76. The van der Waals surface area contributed by atoms with E-state index in [4.69, 9.17) is 4.74 Å². The fourth-order valence-electron chi connectivity index (χ4n) is 3.08. The number of ether oxygens (including phenoxy) is 1. The Morgan fingerprint density at radius 1 is 1.33 bits per heavy atom. The highest BCUT2D eigenvalue weighted by Crippen LogP contribution is 2.23. The van der Waals surface area contributed by atoms with Crippen molar-refractivity contribution in [2.45, 2.75) is 25.0 Å². The fourth-order valence-corrected chi connectivity index (χ4v) is 3.08. The molecule has 116 valence electrons. The number of aromatic nitrogens is 2. The van der Waals surface area contributed by atoms with Crippen LogP contribution < -0.4 is 10.2 Å². The van der Waals surface area contributed by atoms with E-state index in [0.29, 0.717) is 11.8 Å². The Hall–Kier alpha value is -1.47. The second-order valence-corrected chi connectivity index (χ2v) is 5.81. The molecule has 2 aliphatic heterocycles. The molecule has 3 rings (SSSR count). The van der Waals surface area contributed by atoms with Gasteiger partial charge in [-0.3, -0.25) is 0 Å². The number of nitrogens with zero attached hydrogens (tertiary/aromatic N) is 4. The van der Waals surface area contributed by atoms with E-state index < -0.39 is 0 Å². The maximum absolute atomic E-state index is 13.9. The van der Waals surface area contributed by atoms with Crippen LogP contribution in [-0.4, -0.2) is 67.4 Å². The molecule has 0 aliphatic carbocycles. The normalized spacial score (nSPS) is 26.5. The van der Waals surface area contributed by atoms with Crippen LogP contribution in [0.4, 0.5) is 16.2 Å². The third-order valence-electron chi connectivity index (χ3n) is 4.20. The van der Waals surface area contributed by atoms with Gasteiger partial charge in [-0.25, -0.2) is 9.37 Å². The highest BCUT2D eigenvalue weighted by molar-refractivity contribution is 5.45. The number of methoxy groups -OCH3 is 1. The van der Waals surface area contributed by atoms with Crippen LogP contribution in [-0.2, 0) is 4.74 Å². The van der Waals surface area contributed by atoms with E-state index in [-0.39, 0.29) is 18.0 Å². The van der Waals surface area contributed by atoms with Crippen LogP contribution in [0.2, 0.25) is 0 Å². The molecular weight excluding hydrogens is 273 g/mol. The van der Waals surface area contributed by atoms with Crippen molar-refractivity contribution in [3.63, 3.8) is 0 Å². The SMILES string of the molecule is CO[C@H]1CN(C)C[C@@H]1Nc1ncc(F)c(N2CCCC2)n1. The monoisotopic (exact) mass is 295 g/mol. The van der Waals surface area contributed by atoms with Gasteiger partial charge >= 0.3 is 0 Å². The summed E-state index contributed by atoms with van der Waals surface area (Å²) in [6.45, 7) is 3.45. The molecule has 2 fully saturated rings. The summed E-state index contributed by atoms with van der Waals surface area (Å²) in [5.74, 6) is 0.528. The van der Waals surface area contributed by atoms with Gasteiger partial charge in [0.15, 0.2) is 11.6 Å². The Bertz CT molecular complexity index is 494. The maximum Gasteiger partial charge on any atom is 0.225 e. The fraction of sp³-hybridized carbons (Fsp3) is 0.714. The first-order valence-electron chi connectivity index (χ1n) is 7.42. The van der Waals surface area contributed by atoms with E-state index in [2.05, 4.69) is 27.2 Å². The quantitative estimate of drug-likeness (QED) is 0.893. The zero-order chi connectivity index (χ0) is 14.8. The lowest BCUT2D eigenvalue weighted by Crippen LogP contribution is -2.34. The topological polar surface area (TPSA) is 53.5 Å². The summed E-state index contributed by atoms with van der Waals surface area (Å²) in [6, 6.07) is 0.122. The minimum atomic E-state index is -0.353. The van der Waals surface area contributed by atoms with Gasteiger partial charge in [0.2, 0.25) is 5.95 Å². The van der Waals surface area contributed by atoms with Crippen LogP contribution in [0.5, 0.6) is 0 Å². The second-order valence-electron chi connectivity index (χ2n) is 5.81. The van der Waals surface area contributed by atoms with E-state index in [9.17, 15) is 4.39 Å². The maximum atomic E-state index is 13.9. The lowest BCUT2D eigenvalue weighted by Gasteiger charge is -2.21. The molecule has 1 aromatic rings. The summed E-state index contributed by atoms with van der Waals surface area (Å²) >= 11 is 0. The first-order valence-corrected chi connectivity index (χ1v) is 7.42. The average molecular weight is 295 g/mol. The van der Waals surface area contributed by atoms with E-state index in [1.54, 1.807) is 7.11 Å². The first kappa shape index (κ1) is 14.5. The second kappa shape index (κ2) is 6.11. The van der Waals surface area contributed by atoms with Crippen molar-refractivity contribution >= 4 is 11.8 Å². The van der Waals surface area contributed by atoms with Gasteiger partial charge in [-0.05, 0) is 19.9 Å².